The number of hydrogen-bond acceptors (Lipinski definition) is 5. The van der Waals surface area contributed by atoms with Gasteiger partial charge in [-0.15, -0.1) is 0 Å². The first kappa shape index (κ1) is 15.1. The summed E-state index contributed by atoms with van der Waals surface area (Å²) >= 11 is 0. The van der Waals surface area contributed by atoms with Crippen LogP contribution < -0.4 is 9.47 Å². The minimum atomic E-state index is -1.11. The van der Waals surface area contributed by atoms with E-state index in [0.717, 1.165) is 5.56 Å². The molecular formula is C17H20O5. The smallest absolute Gasteiger partial charge is 0.200 e. The molecule has 0 saturated heterocycles. The van der Waals surface area contributed by atoms with E-state index in [2.05, 4.69) is 0 Å². The largest absolute Gasteiger partial charge is 0.496 e. The number of fused-ring (bicyclic) bond motifs is 2. The Morgan fingerprint density at radius 3 is 2.73 bits per heavy atom. The molecule has 1 aromatic rings. The summed E-state index contributed by atoms with van der Waals surface area (Å²) in [4.78, 5) is 12.9. The van der Waals surface area contributed by atoms with Gasteiger partial charge in [-0.1, -0.05) is 6.08 Å². The van der Waals surface area contributed by atoms with Gasteiger partial charge >= 0.3 is 0 Å². The first-order chi connectivity index (χ1) is 10.4. The number of ketones is 1. The lowest BCUT2D eigenvalue weighted by molar-refractivity contribution is -0.103. The van der Waals surface area contributed by atoms with Crippen LogP contribution in [0.1, 0.15) is 29.3 Å². The van der Waals surface area contributed by atoms with Gasteiger partial charge in [0, 0.05) is 12.7 Å². The van der Waals surface area contributed by atoms with Crippen LogP contribution in [0.5, 0.6) is 11.5 Å². The van der Waals surface area contributed by atoms with E-state index in [9.17, 15) is 9.90 Å². The monoisotopic (exact) mass is 304 g/mol. The Morgan fingerprint density at radius 2 is 2.09 bits per heavy atom. The van der Waals surface area contributed by atoms with Gasteiger partial charge in [-0.3, -0.25) is 4.79 Å². The molecule has 5 nitrogen and oxygen atoms in total. The molecule has 1 aromatic carbocycles. The fourth-order valence-electron chi connectivity index (χ4n) is 3.29. The lowest BCUT2D eigenvalue weighted by atomic mass is 9.75. The second-order valence-electron chi connectivity index (χ2n) is 5.95. The van der Waals surface area contributed by atoms with Crippen molar-refractivity contribution in [2.45, 2.75) is 38.1 Å². The Hall–Kier alpha value is -1.85. The summed E-state index contributed by atoms with van der Waals surface area (Å²) < 4.78 is 16.7. The maximum absolute atomic E-state index is 12.9. The topological polar surface area (TPSA) is 65.0 Å². The van der Waals surface area contributed by atoms with Gasteiger partial charge < -0.3 is 19.3 Å². The highest BCUT2D eigenvalue weighted by Crippen LogP contribution is 2.46. The van der Waals surface area contributed by atoms with E-state index >= 15 is 0 Å². The van der Waals surface area contributed by atoms with Gasteiger partial charge in [-0.25, -0.2) is 0 Å². The number of benzene rings is 1. The molecule has 3 rings (SSSR count). The number of Topliss-reactive ketones (excluding diaryl/α,β-unsaturated/α-hetero) is 1. The van der Waals surface area contributed by atoms with Crippen LogP contribution in [-0.2, 0) is 4.74 Å². The number of ether oxygens (including phenoxy) is 3. The van der Waals surface area contributed by atoms with E-state index in [4.69, 9.17) is 14.2 Å². The average Bonchev–Trinajstić information content (AvgIpc) is 2.48. The van der Waals surface area contributed by atoms with E-state index in [-0.39, 0.29) is 5.78 Å². The zero-order chi connectivity index (χ0) is 16.1. The minimum absolute atomic E-state index is 0.158. The summed E-state index contributed by atoms with van der Waals surface area (Å²) in [6, 6.07) is 3.60. The van der Waals surface area contributed by atoms with Crippen molar-refractivity contribution in [1.82, 2.24) is 0 Å². The number of carbonyl (C=O) groups is 1. The van der Waals surface area contributed by atoms with Gasteiger partial charge in [0.15, 0.2) is 11.4 Å². The second kappa shape index (κ2) is 5.11. The normalized spacial score (nSPS) is 30.0. The highest BCUT2D eigenvalue weighted by Gasteiger charge is 2.52. The van der Waals surface area contributed by atoms with Crippen LogP contribution in [0.25, 0.3) is 0 Å². The SMILES string of the molecule is COc1cc(C)cc2c1C(=O)C1=CC[C@H](OC)[C@@H](O)[C@]1(C)O2. The van der Waals surface area contributed by atoms with Crippen molar-refractivity contribution in [2.75, 3.05) is 14.2 Å². The molecule has 2 aliphatic rings. The summed E-state index contributed by atoms with van der Waals surface area (Å²) in [5.74, 6) is 0.776. The van der Waals surface area contributed by atoms with Crippen LogP contribution in [0.2, 0.25) is 0 Å². The van der Waals surface area contributed by atoms with Crippen LogP contribution in [0.15, 0.2) is 23.8 Å². The fourth-order valence-corrected chi connectivity index (χ4v) is 3.29. The van der Waals surface area contributed by atoms with Gasteiger partial charge in [-0.2, -0.15) is 0 Å². The van der Waals surface area contributed by atoms with Crippen molar-refractivity contribution in [3.63, 3.8) is 0 Å². The third-order valence-corrected chi connectivity index (χ3v) is 4.53. The highest BCUT2D eigenvalue weighted by molar-refractivity contribution is 6.14. The molecule has 1 N–H and O–H groups in total. The predicted octanol–water partition coefficient (Wildman–Crippen LogP) is 2.04. The van der Waals surface area contributed by atoms with E-state index in [1.807, 2.05) is 6.92 Å². The molecule has 0 fully saturated rings. The number of rotatable bonds is 2. The third-order valence-electron chi connectivity index (χ3n) is 4.53. The first-order valence-corrected chi connectivity index (χ1v) is 7.26. The number of hydrogen-bond donors (Lipinski definition) is 1. The molecule has 0 spiro atoms. The Morgan fingerprint density at radius 1 is 1.36 bits per heavy atom. The van der Waals surface area contributed by atoms with E-state index in [0.29, 0.717) is 29.1 Å². The molecular weight excluding hydrogens is 284 g/mol. The molecule has 0 unspecified atom stereocenters. The molecule has 3 atom stereocenters. The maximum Gasteiger partial charge on any atom is 0.200 e. The zero-order valence-electron chi connectivity index (χ0n) is 13.2. The quantitative estimate of drug-likeness (QED) is 0.906. The number of methoxy groups -OCH3 is 2. The summed E-state index contributed by atoms with van der Waals surface area (Å²) in [5, 5.41) is 10.6. The summed E-state index contributed by atoms with van der Waals surface area (Å²) in [5.41, 5.74) is 0.692. The van der Waals surface area contributed by atoms with Crippen molar-refractivity contribution in [3.05, 3.63) is 34.9 Å². The molecule has 22 heavy (non-hydrogen) atoms. The van der Waals surface area contributed by atoms with E-state index in [1.165, 1.54) is 7.11 Å². The molecule has 118 valence electrons. The fraction of sp³-hybridized carbons (Fsp3) is 0.471. The second-order valence-corrected chi connectivity index (χ2v) is 5.95. The van der Waals surface area contributed by atoms with Gasteiger partial charge in [-0.05, 0) is 38.0 Å². The number of aliphatic hydroxyl groups excluding tert-OH is 1. The van der Waals surface area contributed by atoms with Crippen molar-refractivity contribution in [3.8, 4) is 11.5 Å². The molecule has 1 aliphatic carbocycles. The van der Waals surface area contributed by atoms with Gasteiger partial charge in [0.1, 0.15) is 23.2 Å². The lowest BCUT2D eigenvalue weighted by Crippen LogP contribution is -2.58. The minimum Gasteiger partial charge on any atom is -0.496 e. The molecule has 0 radical (unpaired) electrons. The first-order valence-electron chi connectivity index (χ1n) is 7.26. The molecule has 5 heteroatoms. The van der Waals surface area contributed by atoms with E-state index in [1.54, 1.807) is 32.2 Å². The van der Waals surface area contributed by atoms with Crippen molar-refractivity contribution < 1.29 is 24.1 Å². The Kier molecular flexibility index (Phi) is 3.50. The molecule has 1 aliphatic heterocycles. The molecule has 0 bridgehead atoms. The molecule has 0 amide bonds. The van der Waals surface area contributed by atoms with Crippen LogP contribution in [0.3, 0.4) is 0 Å². The van der Waals surface area contributed by atoms with Crippen LogP contribution >= 0.6 is 0 Å². The Bertz CT molecular complexity index is 663. The van der Waals surface area contributed by atoms with Gasteiger partial charge in [0.05, 0.1) is 13.2 Å². The molecule has 0 aromatic heterocycles. The van der Waals surface area contributed by atoms with Gasteiger partial charge in [0.2, 0.25) is 0 Å². The number of aliphatic hydroxyl groups is 1. The van der Waals surface area contributed by atoms with Crippen molar-refractivity contribution in [2.24, 2.45) is 0 Å². The third kappa shape index (κ3) is 1.96. The lowest BCUT2D eigenvalue weighted by Gasteiger charge is -2.45. The van der Waals surface area contributed by atoms with Crippen LogP contribution in [0, 0.1) is 6.92 Å². The van der Waals surface area contributed by atoms with Crippen LogP contribution in [-0.4, -0.2) is 42.9 Å². The number of carbonyl (C=O) groups excluding carboxylic acids is 1. The molecule has 1 heterocycles. The maximum atomic E-state index is 12.9. The number of aryl methyl sites for hydroxylation is 1. The van der Waals surface area contributed by atoms with Crippen molar-refractivity contribution in [1.29, 1.82) is 0 Å². The summed E-state index contributed by atoms with van der Waals surface area (Å²) in [6.45, 7) is 3.63. The summed E-state index contributed by atoms with van der Waals surface area (Å²) in [7, 11) is 3.07. The standard InChI is InChI=1S/C17H20O5/c1-9-7-12(21-4)14-13(8-9)22-17(2)10(15(14)18)5-6-11(20-3)16(17)19/h5,7-8,11,16,19H,6H2,1-4H3/t11-,16+,17+/m0/s1. The van der Waals surface area contributed by atoms with E-state index < -0.39 is 17.8 Å². The van der Waals surface area contributed by atoms with Crippen molar-refractivity contribution >= 4 is 5.78 Å². The Balaban J connectivity index is 2.18. The van der Waals surface area contributed by atoms with Gasteiger partial charge in [0.25, 0.3) is 0 Å². The highest BCUT2D eigenvalue weighted by atomic mass is 16.5. The molecule has 0 saturated carbocycles. The Labute approximate surface area is 129 Å². The predicted molar refractivity (Wildman–Crippen MR) is 80.6 cm³/mol. The van der Waals surface area contributed by atoms with Crippen LogP contribution in [0.4, 0.5) is 0 Å². The zero-order valence-corrected chi connectivity index (χ0v) is 13.2. The average molecular weight is 304 g/mol. The summed E-state index contributed by atoms with van der Waals surface area (Å²) in [6.07, 6.45) is 0.961.